The maximum absolute atomic E-state index is 12.9. The van der Waals surface area contributed by atoms with Gasteiger partial charge in [-0.05, 0) is 41.8 Å². The summed E-state index contributed by atoms with van der Waals surface area (Å²) in [5.41, 5.74) is 6.56. The van der Waals surface area contributed by atoms with E-state index in [2.05, 4.69) is 0 Å². The van der Waals surface area contributed by atoms with Crippen LogP contribution in [-0.4, -0.2) is 4.99 Å². The van der Waals surface area contributed by atoms with Crippen LogP contribution in [0.4, 0.5) is 4.39 Å². The quantitative estimate of drug-likeness (QED) is 0.727. The summed E-state index contributed by atoms with van der Waals surface area (Å²) in [6.45, 7) is 0. The van der Waals surface area contributed by atoms with E-state index in [1.165, 1.54) is 12.1 Å². The molecule has 0 saturated heterocycles. The van der Waals surface area contributed by atoms with Crippen molar-refractivity contribution in [3.8, 4) is 11.5 Å². The number of benzene rings is 3. The Labute approximate surface area is 127 Å². The second kappa shape index (κ2) is 5.50. The van der Waals surface area contributed by atoms with Crippen molar-refractivity contribution >= 4 is 28.0 Å². The standard InChI is InChI=1S/C17H12FNOS/c18-11-5-7-12(8-6-11)20-16-10-9-15(17(19)21)13-3-1-2-4-14(13)16/h1-10H,(H2,19,21). The van der Waals surface area contributed by atoms with E-state index in [1.807, 2.05) is 36.4 Å². The molecule has 0 spiro atoms. The third-order valence-electron chi connectivity index (χ3n) is 3.19. The summed E-state index contributed by atoms with van der Waals surface area (Å²) in [6.07, 6.45) is 0. The van der Waals surface area contributed by atoms with Gasteiger partial charge in [0.05, 0.1) is 0 Å². The van der Waals surface area contributed by atoms with E-state index in [4.69, 9.17) is 22.7 Å². The van der Waals surface area contributed by atoms with Gasteiger partial charge in [0.15, 0.2) is 0 Å². The molecule has 2 nitrogen and oxygen atoms in total. The second-order valence-electron chi connectivity index (χ2n) is 4.58. The molecule has 0 aliphatic carbocycles. The molecule has 0 aromatic heterocycles. The first-order valence-corrected chi connectivity index (χ1v) is 6.81. The van der Waals surface area contributed by atoms with Gasteiger partial charge in [-0.15, -0.1) is 0 Å². The fourth-order valence-corrected chi connectivity index (χ4v) is 2.38. The van der Waals surface area contributed by atoms with Gasteiger partial charge in [-0.3, -0.25) is 0 Å². The van der Waals surface area contributed by atoms with E-state index in [-0.39, 0.29) is 5.82 Å². The number of nitrogens with two attached hydrogens (primary N) is 1. The molecule has 3 aromatic rings. The van der Waals surface area contributed by atoms with E-state index in [9.17, 15) is 4.39 Å². The van der Waals surface area contributed by atoms with Crippen LogP contribution in [0, 0.1) is 5.82 Å². The zero-order valence-electron chi connectivity index (χ0n) is 11.0. The number of halogens is 1. The second-order valence-corrected chi connectivity index (χ2v) is 5.02. The average Bonchev–Trinajstić information content (AvgIpc) is 2.49. The predicted octanol–water partition coefficient (Wildman–Crippen LogP) is 4.41. The van der Waals surface area contributed by atoms with Crippen molar-refractivity contribution in [2.75, 3.05) is 0 Å². The smallest absolute Gasteiger partial charge is 0.135 e. The Kier molecular flexibility index (Phi) is 3.54. The van der Waals surface area contributed by atoms with Crippen molar-refractivity contribution < 1.29 is 9.13 Å². The molecule has 0 aliphatic rings. The molecule has 104 valence electrons. The molecule has 0 unspecified atom stereocenters. The van der Waals surface area contributed by atoms with Crippen LogP contribution in [0.2, 0.25) is 0 Å². The van der Waals surface area contributed by atoms with Gasteiger partial charge in [-0.25, -0.2) is 4.39 Å². The molecule has 0 atom stereocenters. The fraction of sp³-hybridized carbons (Fsp3) is 0. The lowest BCUT2D eigenvalue weighted by molar-refractivity contribution is 0.486. The minimum Gasteiger partial charge on any atom is -0.457 e. The van der Waals surface area contributed by atoms with Gasteiger partial charge in [-0.2, -0.15) is 0 Å². The summed E-state index contributed by atoms with van der Waals surface area (Å²) in [6, 6.07) is 17.3. The molecule has 21 heavy (non-hydrogen) atoms. The summed E-state index contributed by atoms with van der Waals surface area (Å²) in [5.74, 6) is 0.956. The van der Waals surface area contributed by atoms with Crippen LogP contribution in [0.1, 0.15) is 5.56 Å². The molecule has 0 saturated carbocycles. The van der Waals surface area contributed by atoms with Gasteiger partial charge in [0.25, 0.3) is 0 Å². The number of thiocarbonyl (C=S) groups is 1. The van der Waals surface area contributed by atoms with E-state index in [0.29, 0.717) is 16.5 Å². The van der Waals surface area contributed by atoms with Gasteiger partial charge >= 0.3 is 0 Å². The Bertz CT molecular complexity index is 815. The minimum absolute atomic E-state index is 0.295. The largest absolute Gasteiger partial charge is 0.457 e. The van der Waals surface area contributed by atoms with E-state index < -0.39 is 0 Å². The maximum atomic E-state index is 12.9. The van der Waals surface area contributed by atoms with Gasteiger partial charge in [0.2, 0.25) is 0 Å². The van der Waals surface area contributed by atoms with Gasteiger partial charge < -0.3 is 10.5 Å². The highest BCUT2D eigenvalue weighted by Gasteiger charge is 2.09. The first kappa shape index (κ1) is 13.5. The van der Waals surface area contributed by atoms with Crippen LogP contribution in [0.25, 0.3) is 10.8 Å². The van der Waals surface area contributed by atoms with Crippen LogP contribution >= 0.6 is 12.2 Å². The molecule has 0 bridgehead atoms. The average molecular weight is 297 g/mol. The molecule has 3 rings (SSSR count). The van der Waals surface area contributed by atoms with Gasteiger partial charge in [0, 0.05) is 10.9 Å². The molecule has 0 heterocycles. The van der Waals surface area contributed by atoms with Crippen molar-refractivity contribution in [3.05, 3.63) is 72.0 Å². The molecule has 0 radical (unpaired) electrons. The molecule has 4 heteroatoms. The number of fused-ring (bicyclic) bond motifs is 1. The van der Waals surface area contributed by atoms with Crippen LogP contribution < -0.4 is 10.5 Å². The number of hydrogen-bond donors (Lipinski definition) is 1. The maximum Gasteiger partial charge on any atom is 0.135 e. The van der Waals surface area contributed by atoms with Crippen LogP contribution in [0.5, 0.6) is 11.5 Å². The van der Waals surface area contributed by atoms with Crippen molar-refractivity contribution in [1.82, 2.24) is 0 Å². The monoisotopic (exact) mass is 297 g/mol. The lowest BCUT2D eigenvalue weighted by atomic mass is 10.0. The Morgan fingerprint density at radius 1 is 0.905 bits per heavy atom. The Morgan fingerprint density at radius 2 is 1.57 bits per heavy atom. The summed E-state index contributed by atoms with van der Waals surface area (Å²) < 4.78 is 18.8. The lowest BCUT2D eigenvalue weighted by Crippen LogP contribution is -2.09. The fourth-order valence-electron chi connectivity index (χ4n) is 2.20. The zero-order valence-corrected chi connectivity index (χ0v) is 11.9. The molecule has 0 aliphatic heterocycles. The van der Waals surface area contributed by atoms with Crippen LogP contribution in [0.3, 0.4) is 0 Å². The van der Waals surface area contributed by atoms with Crippen LogP contribution in [0.15, 0.2) is 60.7 Å². The molecule has 3 aromatic carbocycles. The molecular formula is C17H12FNOS. The molecular weight excluding hydrogens is 285 g/mol. The Morgan fingerprint density at radius 3 is 2.24 bits per heavy atom. The third-order valence-corrected chi connectivity index (χ3v) is 3.41. The predicted molar refractivity (Wildman–Crippen MR) is 86.3 cm³/mol. The minimum atomic E-state index is -0.295. The topological polar surface area (TPSA) is 35.2 Å². The summed E-state index contributed by atoms with van der Waals surface area (Å²) >= 11 is 5.07. The highest BCUT2D eigenvalue weighted by Crippen LogP contribution is 2.32. The van der Waals surface area contributed by atoms with Crippen LogP contribution in [-0.2, 0) is 0 Å². The molecule has 0 fully saturated rings. The SMILES string of the molecule is NC(=S)c1ccc(Oc2ccc(F)cc2)c2ccccc12. The van der Waals surface area contributed by atoms with Crippen molar-refractivity contribution in [2.24, 2.45) is 5.73 Å². The molecule has 2 N–H and O–H groups in total. The number of rotatable bonds is 3. The summed E-state index contributed by atoms with van der Waals surface area (Å²) in [7, 11) is 0. The molecule has 0 amide bonds. The normalized spacial score (nSPS) is 10.5. The lowest BCUT2D eigenvalue weighted by Gasteiger charge is -2.11. The Hall–Kier alpha value is -2.46. The number of hydrogen-bond acceptors (Lipinski definition) is 2. The first-order valence-electron chi connectivity index (χ1n) is 6.40. The van der Waals surface area contributed by atoms with Crippen molar-refractivity contribution in [2.45, 2.75) is 0 Å². The third kappa shape index (κ3) is 2.71. The highest BCUT2D eigenvalue weighted by atomic mass is 32.1. The first-order chi connectivity index (χ1) is 10.1. The van der Waals surface area contributed by atoms with Gasteiger partial charge in [-0.1, -0.05) is 36.5 Å². The van der Waals surface area contributed by atoms with Gasteiger partial charge in [0.1, 0.15) is 22.3 Å². The number of ether oxygens (including phenoxy) is 1. The summed E-state index contributed by atoms with van der Waals surface area (Å²) in [4.78, 5) is 0.347. The summed E-state index contributed by atoms with van der Waals surface area (Å²) in [5, 5.41) is 1.84. The van der Waals surface area contributed by atoms with Crippen molar-refractivity contribution in [3.63, 3.8) is 0 Å². The van der Waals surface area contributed by atoms with E-state index in [0.717, 1.165) is 16.3 Å². The van der Waals surface area contributed by atoms with E-state index in [1.54, 1.807) is 12.1 Å². The Balaban J connectivity index is 2.09. The highest BCUT2D eigenvalue weighted by molar-refractivity contribution is 7.80. The zero-order chi connectivity index (χ0) is 14.8. The van der Waals surface area contributed by atoms with E-state index >= 15 is 0 Å². The van der Waals surface area contributed by atoms with Crippen molar-refractivity contribution in [1.29, 1.82) is 0 Å².